The standard InChI is InChI=1S/C19H16FN3O2S2/c1-12-2-4-13(5-3-12)16-10-26-19(21-16)27-11-17(24)22-23-18(25)14-6-8-15(20)9-7-14/h2-10H,11H2,1H3,(H,22,24)(H,23,25). The Morgan fingerprint density at radius 2 is 1.78 bits per heavy atom. The minimum atomic E-state index is -0.510. The van der Waals surface area contributed by atoms with E-state index in [0.717, 1.165) is 15.6 Å². The molecule has 0 unspecified atom stereocenters. The Bertz CT molecular complexity index is 940. The highest BCUT2D eigenvalue weighted by atomic mass is 32.2. The minimum absolute atomic E-state index is 0.116. The summed E-state index contributed by atoms with van der Waals surface area (Å²) in [6, 6.07) is 13.1. The van der Waals surface area contributed by atoms with Crippen LogP contribution in [-0.4, -0.2) is 22.6 Å². The van der Waals surface area contributed by atoms with Crippen molar-refractivity contribution in [2.24, 2.45) is 0 Å². The van der Waals surface area contributed by atoms with Gasteiger partial charge in [-0.1, -0.05) is 41.6 Å². The molecule has 0 saturated carbocycles. The van der Waals surface area contributed by atoms with Crippen molar-refractivity contribution in [1.82, 2.24) is 15.8 Å². The summed E-state index contributed by atoms with van der Waals surface area (Å²) >= 11 is 2.75. The topological polar surface area (TPSA) is 71.1 Å². The summed E-state index contributed by atoms with van der Waals surface area (Å²) in [6.07, 6.45) is 0. The number of benzene rings is 2. The fourth-order valence-electron chi connectivity index (χ4n) is 2.14. The maximum atomic E-state index is 12.8. The molecule has 0 fully saturated rings. The molecular weight excluding hydrogens is 385 g/mol. The summed E-state index contributed by atoms with van der Waals surface area (Å²) in [5.74, 6) is -1.18. The van der Waals surface area contributed by atoms with Crippen molar-refractivity contribution in [1.29, 1.82) is 0 Å². The highest BCUT2D eigenvalue weighted by Crippen LogP contribution is 2.28. The van der Waals surface area contributed by atoms with Gasteiger partial charge in [0.25, 0.3) is 5.91 Å². The summed E-state index contributed by atoms with van der Waals surface area (Å²) in [5.41, 5.74) is 7.97. The summed E-state index contributed by atoms with van der Waals surface area (Å²) < 4.78 is 13.6. The Labute approximate surface area is 164 Å². The van der Waals surface area contributed by atoms with Gasteiger partial charge in [0.1, 0.15) is 5.82 Å². The molecule has 27 heavy (non-hydrogen) atoms. The number of carbonyl (C=O) groups is 2. The van der Waals surface area contributed by atoms with E-state index in [9.17, 15) is 14.0 Å². The van der Waals surface area contributed by atoms with Crippen molar-refractivity contribution < 1.29 is 14.0 Å². The molecule has 0 spiro atoms. The number of carbonyl (C=O) groups excluding carboxylic acids is 2. The molecule has 8 heteroatoms. The third-order valence-corrected chi connectivity index (χ3v) is 5.60. The van der Waals surface area contributed by atoms with E-state index in [1.807, 2.05) is 36.6 Å². The second-order valence-electron chi connectivity index (χ2n) is 5.66. The molecule has 2 amide bonds. The van der Waals surface area contributed by atoms with E-state index >= 15 is 0 Å². The molecule has 1 aromatic heterocycles. The predicted molar refractivity (Wildman–Crippen MR) is 105 cm³/mol. The number of halogens is 1. The molecule has 3 aromatic rings. The lowest BCUT2D eigenvalue weighted by Crippen LogP contribution is -2.42. The zero-order chi connectivity index (χ0) is 19.2. The van der Waals surface area contributed by atoms with Crippen molar-refractivity contribution in [3.05, 3.63) is 70.9 Å². The number of hydrogen-bond donors (Lipinski definition) is 2. The summed E-state index contributed by atoms with van der Waals surface area (Å²) in [4.78, 5) is 28.3. The molecule has 2 N–H and O–H groups in total. The summed E-state index contributed by atoms with van der Waals surface area (Å²) in [7, 11) is 0. The zero-order valence-corrected chi connectivity index (χ0v) is 16.0. The average Bonchev–Trinajstić information content (AvgIpc) is 3.14. The second-order valence-corrected chi connectivity index (χ2v) is 7.74. The van der Waals surface area contributed by atoms with Crippen LogP contribution in [0.4, 0.5) is 4.39 Å². The van der Waals surface area contributed by atoms with Crippen LogP contribution in [0, 0.1) is 12.7 Å². The van der Waals surface area contributed by atoms with Crippen molar-refractivity contribution >= 4 is 34.9 Å². The Balaban J connectivity index is 1.47. The number of nitrogens with zero attached hydrogens (tertiary/aromatic N) is 1. The zero-order valence-electron chi connectivity index (χ0n) is 14.4. The first-order chi connectivity index (χ1) is 13.0. The van der Waals surface area contributed by atoms with Crippen molar-refractivity contribution in [3.8, 4) is 11.3 Å². The molecule has 0 saturated heterocycles. The van der Waals surface area contributed by atoms with Crippen molar-refractivity contribution in [3.63, 3.8) is 0 Å². The van der Waals surface area contributed by atoms with Gasteiger partial charge in [0.05, 0.1) is 11.4 Å². The number of hydrogen-bond acceptors (Lipinski definition) is 5. The van der Waals surface area contributed by atoms with Gasteiger partial charge < -0.3 is 0 Å². The van der Waals surface area contributed by atoms with Gasteiger partial charge in [0, 0.05) is 16.5 Å². The van der Waals surface area contributed by atoms with E-state index < -0.39 is 11.7 Å². The van der Waals surface area contributed by atoms with E-state index in [4.69, 9.17) is 0 Å². The summed E-state index contributed by atoms with van der Waals surface area (Å²) in [6.45, 7) is 2.03. The van der Waals surface area contributed by atoms with E-state index in [2.05, 4.69) is 15.8 Å². The van der Waals surface area contributed by atoms with Crippen LogP contribution in [0.25, 0.3) is 11.3 Å². The maximum Gasteiger partial charge on any atom is 0.269 e. The number of amides is 2. The molecule has 0 atom stereocenters. The molecule has 0 aliphatic rings. The average molecular weight is 401 g/mol. The second kappa shape index (κ2) is 8.79. The quantitative estimate of drug-likeness (QED) is 0.504. The number of hydrazine groups is 1. The lowest BCUT2D eigenvalue weighted by atomic mass is 10.1. The predicted octanol–water partition coefficient (Wildman–Crippen LogP) is 3.81. The van der Waals surface area contributed by atoms with Gasteiger partial charge in [-0.05, 0) is 31.2 Å². The van der Waals surface area contributed by atoms with Gasteiger partial charge in [-0.25, -0.2) is 9.37 Å². The van der Waals surface area contributed by atoms with Crippen LogP contribution >= 0.6 is 23.1 Å². The third-order valence-electron chi connectivity index (χ3n) is 3.58. The van der Waals surface area contributed by atoms with Crippen LogP contribution in [0.5, 0.6) is 0 Å². The molecule has 5 nitrogen and oxygen atoms in total. The normalized spacial score (nSPS) is 10.4. The number of aryl methyl sites for hydroxylation is 1. The monoisotopic (exact) mass is 401 g/mol. The van der Waals surface area contributed by atoms with Gasteiger partial charge in [-0.15, -0.1) is 11.3 Å². The molecule has 0 aliphatic carbocycles. The fraction of sp³-hybridized carbons (Fsp3) is 0.105. The minimum Gasteiger partial charge on any atom is -0.272 e. The van der Waals surface area contributed by atoms with E-state index in [-0.39, 0.29) is 17.2 Å². The van der Waals surface area contributed by atoms with Gasteiger partial charge in [-0.3, -0.25) is 20.4 Å². The number of rotatable bonds is 5. The fourth-order valence-corrected chi connectivity index (χ4v) is 3.78. The van der Waals surface area contributed by atoms with E-state index in [0.29, 0.717) is 0 Å². The molecule has 2 aromatic carbocycles. The summed E-state index contributed by atoms with van der Waals surface area (Å²) in [5, 5.41) is 1.95. The maximum absolute atomic E-state index is 12.8. The number of thiazole rings is 1. The third kappa shape index (κ3) is 5.38. The number of aromatic nitrogens is 1. The van der Waals surface area contributed by atoms with Gasteiger partial charge in [0.2, 0.25) is 5.91 Å². The molecule has 0 bridgehead atoms. The van der Waals surface area contributed by atoms with Gasteiger partial charge >= 0.3 is 0 Å². The Morgan fingerprint density at radius 1 is 1.07 bits per heavy atom. The van der Waals surface area contributed by atoms with Crippen LogP contribution in [0.1, 0.15) is 15.9 Å². The first-order valence-electron chi connectivity index (χ1n) is 8.01. The molecule has 0 aliphatic heterocycles. The Morgan fingerprint density at radius 3 is 2.48 bits per heavy atom. The van der Waals surface area contributed by atoms with Crippen molar-refractivity contribution in [2.45, 2.75) is 11.3 Å². The molecule has 3 rings (SSSR count). The van der Waals surface area contributed by atoms with E-state index in [1.54, 1.807) is 0 Å². The number of nitrogens with one attached hydrogen (secondary N) is 2. The number of thioether (sulfide) groups is 1. The molecular formula is C19H16FN3O2S2. The highest BCUT2D eigenvalue weighted by Gasteiger charge is 2.10. The molecule has 138 valence electrons. The van der Waals surface area contributed by atoms with E-state index in [1.165, 1.54) is 52.9 Å². The van der Waals surface area contributed by atoms with Crippen LogP contribution in [0.15, 0.2) is 58.3 Å². The Kier molecular flexibility index (Phi) is 6.20. The first kappa shape index (κ1) is 19.1. The van der Waals surface area contributed by atoms with Gasteiger partial charge in [0.15, 0.2) is 4.34 Å². The van der Waals surface area contributed by atoms with Crippen LogP contribution in [0.2, 0.25) is 0 Å². The molecule has 1 heterocycles. The van der Waals surface area contributed by atoms with Crippen molar-refractivity contribution in [2.75, 3.05) is 5.75 Å². The van der Waals surface area contributed by atoms with Crippen LogP contribution in [0.3, 0.4) is 0 Å². The lowest BCUT2D eigenvalue weighted by molar-refractivity contribution is -0.119. The van der Waals surface area contributed by atoms with Gasteiger partial charge in [-0.2, -0.15) is 0 Å². The SMILES string of the molecule is Cc1ccc(-c2csc(SCC(=O)NNC(=O)c3ccc(F)cc3)n2)cc1. The first-order valence-corrected chi connectivity index (χ1v) is 9.88. The highest BCUT2D eigenvalue weighted by molar-refractivity contribution is 8.01. The largest absolute Gasteiger partial charge is 0.272 e. The lowest BCUT2D eigenvalue weighted by Gasteiger charge is -2.06. The molecule has 0 radical (unpaired) electrons. The van der Waals surface area contributed by atoms with Crippen LogP contribution in [-0.2, 0) is 4.79 Å². The smallest absolute Gasteiger partial charge is 0.269 e. The Hall–Kier alpha value is -2.71. The van der Waals surface area contributed by atoms with Crippen LogP contribution < -0.4 is 10.9 Å².